The molecule has 258 valence electrons. The first-order valence-corrected chi connectivity index (χ1v) is 19.3. The molecule has 8 aromatic rings. The molecule has 0 bridgehead atoms. The smallest absolute Gasteiger partial charge is 0.149 e. The summed E-state index contributed by atoms with van der Waals surface area (Å²) in [7, 11) is 0. The van der Waals surface area contributed by atoms with Crippen LogP contribution in [0, 0.1) is 0 Å². The highest BCUT2D eigenvalue weighted by atomic mass is 32.2. The molecule has 0 radical (unpaired) electrons. The van der Waals surface area contributed by atoms with Crippen LogP contribution < -0.4 is 9.64 Å². The first-order valence-electron chi connectivity index (χ1n) is 18.5. The second-order valence-electron chi connectivity index (χ2n) is 14.5. The normalized spacial score (nSPS) is 13.2. The predicted octanol–water partition coefficient (Wildman–Crippen LogP) is 14.7. The van der Waals surface area contributed by atoms with Crippen molar-refractivity contribution in [1.29, 1.82) is 0 Å². The van der Waals surface area contributed by atoms with Crippen molar-refractivity contribution in [2.75, 3.05) is 4.90 Å². The first kappa shape index (κ1) is 32.4. The highest BCUT2D eigenvalue weighted by Gasteiger charge is 2.39. The van der Waals surface area contributed by atoms with E-state index in [9.17, 15) is 0 Å². The molecule has 2 nitrogen and oxygen atoms in total. The van der Waals surface area contributed by atoms with E-state index in [1.54, 1.807) is 11.8 Å². The van der Waals surface area contributed by atoms with Gasteiger partial charge >= 0.3 is 0 Å². The Morgan fingerprint density at radius 3 is 1.46 bits per heavy atom. The number of hydrogen-bond donors (Lipinski definition) is 0. The summed E-state index contributed by atoms with van der Waals surface area (Å²) in [4.78, 5) is 4.63. The molecule has 54 heavy (non-hydrogen) atoms. The van der Waals surface area contributed by atoms with Crippen molar-refractivity contribution >= 4 is 28.8 Å². The third kappa shape index (κ3) is 5.43. The highest BCUT2D eigenvalue weighted by Crippen LogP contribution is 2.59. The van der Waals surface area contributed by atoms with Crippen LogP contribution in [0.3, 0.4) is 0 Å². The molecule has 3 heteroatoms. The maximum Gasteiger partial charge on any atom is 0.149 e. The van der Waals surface area contributed by atoms with Crippen LogP contribution in [0.4, 0.5) is 17.1 Å². The van der Waals surface area contributed by atoms with Gasteiger partial charge in [-0.25, -0.2) is 0 Å². The number of nitrogens with zero attached hydrogens (tertiary/aromatic N) is 1. The predicted molar refractivity (Wildman–Crippen MR) is 226 cm³/mol. The fraction of sp³-hybridized carbons (Fsp3) is 0.0588. The minimum absolute atomic E-state index is 0.0831. The van der Waals surface area contributed by atoms with Crippen LogP contribution in [-0.2, 0) is 5.41 Å². The lowest BCUT2D eigenvalue weighted by atomic mass is 9.82. The molecular weight excluding hydrogens is 675 g/mol. The van der Waals surface area contributed by atoms with Crippen LogP contribution in [0.1, 0.15) is 25.0 Å². The van der Waals surface area contributed by atoms with E-state index in [4.69, 9.17) is 4.74 Å². The lowest BCUT2D eigenvalue weighted by Gasteiger charge is -2.27. The van der Waals surface area contributed by atoms with Crippen molar-refractivity contribution in [3.8, 4) is 56.0 Å². The number of fused-ring (bicyclic) bond motifs is 6. The van der Waals surface area contributed by atoms with Crippen molar-refractivity contribution in [3.05, 3.63) is 199 Å². The molecule has 1 aliphatic carbocycles. The minimum Gasteiger partial charge on any atom is -0.454 e. The summed E-state index contributed by atoms with van der Waals surface area (Å²) in [6, 6.07) is 67.5. The molecule has 1 aliphatic heterocycles. The average Bonchev–Trinajstić information content (AvgIpc) is 3.47. The fourth-order valence-electron chi connectivity index (χ4n) is 8.18. The molecule has 1 heterocycles. The van der Waals surface area contributed by atoms with Gasteiger partial charge in [0.25, 0.3) is 0 Å². The SMILES string of the molecule is CC1(C)c2ccccc2-c2c1ccc1c2Oc2c(cccc2-c2ccc(N(c3ccc(-c4ccccc4)cc3)c3ccc(-c4ccccc4)cc3)cc2)S1. The van der Waals surface area contributed by atoms with E-state index in [1.807, 2.05) is 0 Å². The lowest BCUT2D eigenvalue weighted by molar-refractivity contribution is 0.457. The fourth-order valence-corrected chi connectivity index (χ4v) is 9.18. The van der Waals surface area contributed by atoms with Crippen LogP contribution in [0.5, 0.6) is 11.5 Å². The van der Waals surface area contributed by atoms with E-state index in [-0.39, 0.29) is 5.41 Å². The van der Waals surface area contributed by atoms with Gasteiger partial charge in [-0.15, -0.1) is 0 Å². The van der Waals surface area contributed by atoms with Gasteiger partial charge in [-0.1, -0.05) is 165 Å². The lowest BCUT2D eigenvalue weighted by Crippen LogP contribution is -2.15. The summed E-state index contributed by atoms with van der Waals surface area (Å²) in [5, 5.41) is 0. The van der Waals surface area contributed by atoms with Gasteiger partial charge in [0.2, 0.25) is 0 Å². The van der Waals surface area contributed by atoms with Crippen molar-refractivity contribution in [3.63, 3.8) is 0 Å². The molecule has 0 N–H and O–H groups in total. The van der Waals surface area contributed by atoms with E-state index < -0.39 is 0 Å². The Hall–Kier alpha value is -6.29. The molecule has 0 saturated heterocycles. The van der Waals surface area contributed by atoms with Crippen LogP contribution >= 0.6 is 11.8 Å². The van der Waals surface area contributed by atoms with Gasteiger partial charge in [-0.05, 0) is 93.0 Å². The summed E-state index contributed by atoms with van der Waals surface area (Å²) >= 11 is 1.80. The second-order valence-corrected chi connectivity index (χ2v) is 15.6. The zero-order valence-corrected chi connectivity index (χ0v) is 31.0. The Kier molecular flexibility index (Phi) is 7.78. The largest absolute Gasteiger partial charge is 0.454 e. The van der Waals surface area contributed by atoms with Crippen LogP contribution in [0.2, 0.25) is 0 Å². The van der Waals surface area contributed by atoms with Gasteiger partial charge < -0.3 is 9.64 Å². The third-order valence-corrected chi connectivity index (χ3v) is 12.1. The van der Waals surface area contributed by atoms with Crippen molar-refractivity contribution < 1.29 is 4.74 Å². The van der Waals surface area contributed by atoms with Gasteiger partial charge in [0, 0.05) is 33.6 Å². The van der Waals surface area contributed by atoms with E-state index in [0.717, 1.165) is 49.5 Å². The minimum atomic E-state index is -0.0831. The van der Waals surface area contributed by atoms with Gasteiger partial charge in [0.15, 0.2) is 0 Å². The zero-order chi connectivity index (χ0) is 36.2. The van der Waals surface area contributed by atoms with Gasteiger partial charge in [-0.3, -0.25) is 0 Å². The molecule has 8 aromatic carbocycles. The standard InChI is InChI=1S/C51H37NOS/c1-51(2)44-18-10-9-16-43(44)48-45(51)32-33-47-50(48)53-49-42(17-11-19-46(49)54-47)38-24-30-41(31-25-38)52(39-26-20-36(21-27-39)34-12-5-3-6-13-34)40-28-22-37(23-29-40)35-14-7-4-8-15-35/h3-33H,1-2H3. The molecule has 0 spiro atoms. The van der Waals surface area contributed by atoms with Gasteiger partial charge in [0.1, 0.15) is 11.5 Å². The second kappa shape index (κ2) is 13.0. The number of ether oxygens (including phenoxy) is 1. The van der Waals surface area contributed by atoms with Crippen molar-refractivity contribution in [1.82, 2.24) is 0 Å². The number of anilines is 3. The molecule has 0 amide bonds. The topological polar surface area (TPSA) is 12.5 Å². The molecular formula is C51H37NOS. The summed E-state index contributed by atoms with van der Waals surface area (Å²) in [6.45, 7) is 4.64. The molecule has 0 atom stereocenters. The Balaban J connectivity index is 1.02. The molecule has 0 fully saturated rings. The Morgan fingerprint density at radius 1 is 0.389 bits per heavy atom. The van der Waals surface area contributed by atoms with Gasteiger partial charge in [-0.2, -0.15) is 0 Å². The molecule has 0 saturated carbocycles. The van der Waals surface area contributed by atoms with Crippen LogP contribution in [0.15, 0.2) is 198 Å². The number of para-hydroxylation sites is 1. The summed E-state index contributed by atoms with van der Waals surface area (Å²) in [5.41, 5.74) is 15.4. The Labute approximate surface area is 321 Å². The number of benzene rings is 8. The molecule has 2 aliphatic rings. The summed E-state index contributed by atoms with van der Waals surface area (Å²) < 4.78 is 7.04. The third-order valence-electron chi connectivity index (χ3n) is 11.0. The number of rotatable bonds is 6. The Morgan fingerprint density at radius 2 is 0.870 bits per heavy atom. The van der Waals surface area contributed by atoms with Crippen LogP contribution in [-0.4, -0.2) is 0 Å². The van der Waals surface area contributed by atoms with Crippen LogP contribution in [0.25, 0.3) is 44.5 Å². The molecule has 10 rings (SSSR count). The quantitative estimate of drug-likeness (QED) is 0.170. The summed E-state index contributed by atoms with van der Waals surface area (Å²) in [5.74, 6) is 1.89. The molecule has 0 aromatic heterocycles. The van der Waals surface area contributed by atoms with Gasteiger partial charge in [0.05, 0.1) is 9.79 Å². The van der Waals surface area contributed by atoms with E-state index in [2.05, 4.69) is 207 Å². The van der Waals surface area contributed by atoms with E-state index >= 15 is 0 Å². The maximum absolute atomic E-state index is 7.04. The zero-order valence-electron chi connectivity index (χ0n) is 30.2. The average molecular weight is 712 g/mol. The number of hydrogen-bond acceptors (Lipinski definition) is 3. The monoisotopic (exact) mass is 711 g/mol. The summed E-state index contributed by atoms with van der Waals surface area (Å²) in [6.07, 6.45) is 0. The first-order chi connectivity index (χ1) is 26.5. The highest BCUT2D eigenvalue weighted by molar-refractivity contribution is 7.99. The van der Waals surface area contributed by atoms with Crippen molar-refractivity contribution in [2.45, 2.75) is 29.1 Å². The van der Waals surface area contributed by atoms with Crippen molar-refractivity contribution in [2.24, 2.45) is 0 Å². The van der Waals surface area contributed by atoms with E-state index in [1.165, 1.54) is 44.5 Å². The van der Waals surface area contributed by atoms with E-state index in [0.29, 0.717) is 0 Å². The Bertz CT molecular complexity index is 2560. The molecule has 0 unspecified atom stereocenters. The maximum atomic E-state index is 7.04.